The van der Waals surface area contributed by atoms with Crippen molar-refractivity contribution in [2.45, 2.75) is 70.8 Å². The lowest BCUT2D eigenvalue weighted by atomic mass is 9.77. The molecule has 242 valence electrons. The maximum Gasteiger partial charge on any atom is 0.254 e. The Bertz CT molecular complexity index is 1370. The average Bonchev–Trinajstić information content (AvgIpc) is 3.55. The summed E-state index contributed by atoms with van der Waals surface area (Å²) in [5.74, 6) is -1.27. The molecule has 2 fully saturated rings. The highest BCUT2D eigenvalue weighted by atomic mass is 16.2. The standard InChI is InChI=1S/C35H48N6O4/c1-3-18-40(23-30(36)42)34(44)26-15-13-25(14-16-26)22-41-32(29-12-8-9-24(2)38-29)31(27-10-4-5-11-28(27)35(41)45)33(43)37-17-21-39-19-6-7-20-39/h4-5,8-12,25-26,31-32H,3,6-7,13-23H2,1-2H3,(H2,36,42)(H,37,43). The molecular weight excluding hydrogens is 568 g/mol. The molecule has 0 bridgehead atoms. The van der Waals surface area contributed by atoms with E-state index in [1.54, 1.807) is 4.90 Å². The van der Waals surface area contributed by atoms with Crippen molar-refractivity contribution >= 4 is 23.6 Å². The Hall–Kier alpha value is -3.79. The Labute approximate surface area is 266 Å². The quantitative estimate of drug-likeness (QED) is 0.376. The van der Waals surface area contributed by atoms with Gasteiger partial charge in [0, 0.05) is 43.4 Å². The van der Waals surface area contributed by atoms with Gasteiger partial charge in [0.25, 0.3) is 5.91 Å². The number of amides is 4. The van der Waals surface area contributed by atoms with Crippen molar-refractivity contribution in [2.24, 2.45) is 17.6 Å². The smallest absolute Gasteiger partial charge is 0.254 e. The van der Waals surface area contributed by atoms with Crippen LogP contribution in [-0.4, -0.2) is 89.1 Å². The van der Waals surface area contributed by atoms with E-state index in [9.17, 15) is 19.2 Å². The first-order valence-electron chi connectivity index (χ1n) is 16.7. The second kappa shape index (κ2) is 15.0. The van der Waals surface area contributed by atoms with Gasteiger partial charge in [0.15, 0.2) is 0 Å². The molecule has 0 spiro atoms. The topological polar surface area (TPSA) is 129 Å². The summed E-state index contributed by atoms with van der Waals surface area (Å²) >= 11 is 0. The summed E-state index contributed by atoms with van der Waals surface area (Å²) in [7, 11) is 0. The molecule has 1 saturated carbocycles. The van der Waals surface area contributed by atoms with Crippen molar-refractivity contribution in [3.63, 3.8) is 0 Å². The van der Waals surface area contributed by atoms with E-state index in [4.69, 9.17) is 10.7 Å². The minimum absolute atomic E-state index is 0.00965. The number of likely N-dealkylation sites (tertiary alicyclic amines) is 1. The highest BCUT2D eigenvalue weighted by molar-refractivity contribution is 6.01. The number of fused-ring (bicyclic) bond motifs is 1. The number of aromatic nitrogens is 1. The van der Waals surface area contributed by atoms with E-state index >= 15 is 0 Å². The average molecular weight is 617 g/mol. The van der Waals surface area contributed by atoms with E-state index in [-0.39, 0.29) is 36.1 Å². The molecule has 1 saturated heterocycles. The first kappa shape index (κ1) is 32.6. The molecule has 5 rings (SSSR count). The first-order valence-corrected chi connectivity index (χ1v) is 16.7. The van der Waals surface area contributed by atoms with Gasteiger partial charge in [0.1, 0.15) is 0 Å². The Balaban J connectivity index is 1.37. The Morgan fingerprint density at radius 3 is 2.44 bits per heavy atom. The number of aryl methyl sites for hydroxylation is 1. The number of pyridine rings is 1. The highest BCUT2D eigenvalue weighted by Crippen LogP contribution is 2.44. The normalized spacial score (nSPS) is 23.4. The number of hydrogen-bond donors (Lipinski definition) is 2. The number of nitrogens with one attached hydrogen (secondary N) is 1. The van der Waals surface area contributed by atoms with Gasteiger partial charge in [-0.25, -0.2) is 0 Å². The molecule has 3 aliphatic rings. The molecular formula is C35H48N6O4. The zero-order chi connectivity index (χ0) is 31.9. The molecule has 2 unspecified atom stereocenters. The molecule has 2 atom stereocenters. The molecule has 1 aliphatic carbocycles. The number of carbonyl (C=O) groups is 4. The van der Waals surface area contributed by atoms with E-state index in [1.807, 2.05) is 61.2 Å². The van der Waals surface area contributed by atoms with Crippen LogP contribution >= 0.6 is 0 Å². The number of nitrogens with two attached hydrogens (primary N) is 1. The summed E-state index contributed by atoms with van der Waals surface area (Å²) in [5, 5.41) is 3.20. The molecule has 10 nitrogen and oxygen atoms in total. The summed E-state index contributed by atoms with van der Waals surface area (Å²) in [6.45, 7) is 8.34. The van der Waals surface area contributed by atoms with Gasteiger partial charge in [-0.2, -0.15) is 0 Å². The first-order chi connectivity index (χ1) is 21.8. The second-order valence-corrected chi connectivity index (χ2v) is 13.0. The van der Waals surface area contributed by atoms with Crippen LogP contribution in [0.4, 0.5) is 0 Å². The molecule has 0 radical (unpaired) electrons. The summed E-state index contributed by atoms with van der Waals surface area (Å²) in [6, 6.07) is 12.7. The van der Waals surface area contributed by atoms with Crippen LogP contribution in [0.25, 0.3) is 0 Å². The monoisotopic (exact) mass is 616 g/mol. The van der Waals surface area contributed by atoms with Crippen LogP contribution in [0.3, 0.4) is 0 Å². The maximum atomic E-state index is 14.2. The molecule has 1 aromatic heterocycles. The van der Waals surface area contributed by atoms with Crippen LogP contribution in [0.5, 0.6) is 0 Å². The van der Waals surface area contributed by atoms with E-state index in [0.717, 1.165) is 50.2 Å². The zero-order valence-corrected chi connectivity index (χ0v) is 26.7. The zero-order valence-electron chi connectivity index (χ0n) is 26.7. The number of nitrogens with zero attached hydrogens (tertiary/aromatic N) is 4. The number of benzene rings is 1. The van der Waals surface area contributed by atoms with Crippen LogP contribution in [-0.2, 0) is 14.4 Å². The van der Waals surface area contributed by atoms with Gasteiger partial charge in [0.2, 0.25) is 17.7 Å². The fraction of sp³-hybridized carbons (Fsp3) is 0.571. The summed E-state index contributed by atoms with van der Waals surface area (Å²) in [5.41, 5.74) is 8.26. The summed E-state index contributed by atoms with van der Waals surface area (Å²) in [4.78, 5) is 63.8. The molecule has 3 N–H and O–H groups in total. The summed E-state index contributed by atoms with van der Waals surface area (Å²) < 4.78 is 0. The van der Waals surface area contributed by atoms with Crippen molar-refractivity contribution in [3.05, 3.63) is 65.0 Å². The molecule has 3 heterocycles. The predicted octanol–water partition coefficient (Wildman–Crippen LogP) is 3.41. The Morgan fingerprint density at radius 2 is 1.76 bits per heavy atom. The lowest BCUT2D eigenvalue weighted by Gasteiger charge is -2.43. The van der Waals surface area contributed by atoms with Crippen LogP contribution in [0.1, 0.15) is 91.1 Å². The van der Waals surface area contributed by atoms with Crippen LogP contribution in [0, 0.1) is 18.8 Å². The Morgan fingerprint density at radius 1 is 1.02 bits per heavy atom. The number of carbonyl (C=O) groups excluding carboxylic acids is 4. The molecule has 10 heteroatoms. The molecule has 45 heavy (non-hydrogen) atoms. The van der Waals surface area contributed by atoms with Crippen molar-refractivity contribution in [2.75, 3.05) is 45.8 Å². The summed E-state index contributed by atoms with van der Waals surface area (Å²) in [6.07, 6.45) is 6.08. The number of hydrogen-bond acceptors (Lipinski definition) is 6. The third-order valence-electron chi connectivity index (χ3n) is 9.66. The Kier molecular flexibility index (Phi) is 10.9. The van der Waals surface area contributed by atoms with Crippen LogP contribution in [0.15, 0.2) is 42.5 Å². The lowest BCUT2D eigenvalue weighted by molar-refractivity contribution is -0.140. The predicted molar refractivity (Wildman–Crippen MR) is 172 cm³/mol. The van der Waals surface area contributed by atoms with Gasteiger partial charge in [-0.3, -0.25) is 24.2 Å². The minimum atomic E-state index is -0.596. The SMILES string of the molecule is CCCN(CC(N)=O)C(=O)C1CCC(CN2C(=O)c3ccccc3C(C(=O)NCCN3CCCC3)C2c2cccc(C)n2)CC1. The van der Waals surface area contributed by atoms with Gasteiger partial charge in [-0.1, -0.05) is 31.2 Å². The third kappa shape index (κ3) is 7.72. The molecule has 2 aromatic rings. The second-order valence-electron chi connectivity index (χ2n) is 13.0. The largest absolute Gasteiger partial charge is 0.368 e. The molecule has 2 aliphatic heterocycles. The van der Waals surface area contributed by atoms with E-state index in [0.29, 0.717) is 43.7 Å². The molecule has 4 amide bonds. The van der Waals surface area contributed by atoms with Crippen molar-refractivity contribution in [1.29, 1.82) is 0 Å². The number of rotatable bonds is 12. The van der Waals surface area contributed by atoms with Crippen molar-refractivity contribution in [3.8, 4) is 0 Å². The maximum absolute atomic E-state index is 14.2. The fourth-order valence-electron chi connectivity index (χ4n) is 7.44. The fourth-order valence-corrected chi connectivity index (χ4v) is 7.44. The minimum Gasteiger partial charge on any atom is -0.368 e. The van der Waals surface area contributed by atoms with Crippen molar-refractivity contribution in [1.82, 2.24) is 25.0 Å². The van der Waals surface area contributed by atoms with Gasteiger partial charge >= 0.3 is 0 Å². The highest BCUT2D eigenvalue weighted by Gasteiger charge is 2.45. The van der Waals surface area contributed by atoms with Gasteiger partial charge < -0.3 is 25.8 Å². The van der Waals surface area contributed by atoms with Gasteiger partial charge in [-0.15, -0.1) is 0 Å². The number of primary amides is 1. The van der Waals surface area contributed by atoms with E-state index in [2.05, 4.69) is 10.2 Å². The van der Waals surface area contributed by atoms with Crippen molar-refractivity contribution < 1.29 is 19.2 Å². The van der Waals surface area contributed by atoms with Gasteiger partial charge in [0.05, 0.1) is 24.2 Å². The van der Waals surface area contributed by atoms with E-state index in [1.165, 1.54) is 12.8 Å². The molecule has 1 aromatic carbocycles. The van der Waals surface area contributed by atoms with Crippen LogP contribution < -0.4 is 11.1 Å². The van der Waals surface area contributed by atoms with Gasteiger partial charge in [-0.05, 0) is 94.6 Å². The van der Waals surface area contributed by atoms with Crippen LogP contribution in [0.2, 0.25) is 0 Å². The van der Waals surface area contributed by atoms with E-state index < -0.39 is 17.9 Å². The third-order valence-corrected chi connectivity index (χ3v) is 9.66. The lowest BCUT2D eigenvalue weighted by Crippen LogP contribution is -2.50.